The number of halogens is 2. The van der Waals surface area contributed by atoms with Crippen molar-refractivity contribution in [1.82, 2.24) is 0 Å². The van der Waals surface area contributed by atoms with Crippen molar-refractivity contribution in [3.63, 3.8) is 0 Å². The first-order valence-electron chi connectivity index (χ1n) is 7.15. The Morgan fingerprint density at radius 1 is 0.565 bits per heavy atom. The van der Waals surface area contributed by atoms with Crippen LogP contribution in [-0.2, 0) is 21.7 Å². The number of hydrogen-bond acceptors (Lipinski definition) is 0. The Morgan fingerprint density at radius 2 is 1.00 bits per heavy atom. The second-order valence-corrected chi connectivity index (χ2v) is 7.46. The van der Waals surface area contributed by atoms with Crippen LogP contribution in [0.3, 0.4) is 0 Å². The third-order valence-electron chi connectivity index (χ3n) is 4.25. The minimum Gasteiger partial charge on any atom is -1.00 e. The van der Waals surface area contributed by atoms with Crippen LogP contribution in [0.25, 0.3) is 11.1 Å². The number of fused-ring (bicyclic) bond motifs is 3. The molecule has 0 saturated heterocycles. The average Bonchev–Trinajstić information content (AvgIpc) is 2.84. The zero-order chi connectivity index (χ0) is 13.4. The summed E-state index contributed by atoms with van der Waals surface area (Å²) in [7, 11) is -0.352. The summed E-state index contributed by atoms with van der Waals surface area (Å²) in [6.07, 6.45) is 0. The van der Waals surface area contributed by atoms with Gasteiger partial charge < -0.3 is 24.8 Å². The standard InChI is InChI=1S/C19H16Si.2ClH.Ti/c1-2-8-14(9-3-1)20-19-17-12-6-4-10-15(17)16-11-5-7-13-18(16)19;;;/h1-13,19H,20H2;2*1H;/q;;;+2/p-2. The molecule has 4 heteroatoms. The zero-order valence-corrected chi connectivity index (χ0v) is 17.0. The minimum atomic E-state index is -0.352. The molecule has 0 nitrogen and oxygen atoms in total. The summed E-state index contributed by atoms with van der Waals surface area (Å²) in [4.78, 5) is 0. The summed E-state index contributed by atoms with van der Waals surface area (Å²) in [5.74, 6) is 0. The minimum absolute atomic E-state index is 0. The molecule has 1 aliphatic rings. The van der Waals surface area contributed by atoms with Crippen LogP contribution in [0.2, 0.25) is 0 Å². The zero-order valence-electron chi connectivity index (χ0n) is 12.5. The van der Waals surface area contributed by atoms with E-state index < -0.39 is 0 Å². The topological polar surface area (TPSA) is 0 Å². The molecule has 0 spiro atoms. The largest absolute Gasteiger partial charge is 2.00 e. The van der Waals surface area contributed by atoms with Crippen molar-refractivity contribution < 1.29 is 46.5 Å². The van der Waals surface area contributed by atoms with E-state index in [9.17, 15) is 0 Å². The van der Waals surface area contributed by atoms with Crippen molar-refractivity contribution in [3.8, 4) is 11.1 Å². The van der Waals surface area contributed by atoms with Crippen LogP contribution in [0.15, 0.2) is 78.9 Å². The van der Waals surface area contributed by atoms with Crippen LogP contribution >= 0.6 is 0 Å². The summed E-state index contributed by atoms with van der Waals surface area (Å²) in [6.45, 7) is 0. The molecular formula is C19H16Cl2SiTi. The van der Waals surface area contributed by atoms with Gasteiger partial charge in [-0.2, -0.15) is 0 Å². The maximum Gasteiger partial charge on any atom is 2.00 e. The molecule has 3 aromatic carbocycles. The van der Waals surface area contributed by atoms with E-state index in [1.807, 2.05) is 0 Å². The Labute approximate surface area is 167 Å². The van der Waals surface area contributed by atoms with Gasteiger partial charge in [0.25, 0.3) is 0 Å². The van der Waals surface area contributed by atoms with Crippen molar-refractivity contribution in [2.75, 3.05) is 0 Å². The molecule has 4 rings (SSSR count). The smallest absolute Gasteiger partial charge is 1.00 e. The fraction of sp³-hybridized carbons (Fsp3) is 0.0526. The predicted octanol–water partition coefficient (Wildman–Crippen LogP) is -2.74. The van der Waals surface area contributed by atoms with E-state index in [1.165, 1.54) is 22.3 Å². The molecule has 0 heterocycles. The van der Waals surface area contributed by atoms with Gasteiger partial charge in [-0.3, -0.25) is 0 Å². The molecule has 0 bridgehead atoms. The second-order valence-electron chi connectivity index (χ2n) is 5.42. The Kier molecular flexibility index (Phi) is 7.79. The van der Waals surface area contributed by atoms with E-state index in [1.54, 1.807) is 5.19 Å². The molecule has 0 unspecified atom stereocenters. The first-order chi connectivity index (χ1) is 9.93. The van der Waals surface area contributed by atoms with Gasteiger partial charge in [-0.1, -0.05) is 84.0 Å². The summed E-state index contributed by atoms with van der Waals surface area (Å²) in [5, 5.41) is 1.55. The maximum atomic E-state index is 2.32. The van der Waals surface area contributed by atoms with E-state index in [-0.39, 0.29) is 56.1 Å². The second kappa shape index (κ2) is 8.87. The number of rotatable bonds is 2. The molecule has 0 aromatic heterocycles. The van der Waals surface area contributed by atoms with Crippen molar-refractivity contribution in [2.45, 2.75) is 5.54 Å². The predicted molar refractivity (Wildman–Crippen MR) is 88.3 cm³/mol. The van der Waals surface area contributed by atoms with E-state index >= 15 is 0 Å². The molecule has 0 fully saturated rings. The monoisotopic (exact) mass is 390 g/mol. The van der Waals surface area contributed by atoms with Crippen LogP contribution in [-0.4, -0.2) is 9.52 Å². The van der Waals surface area contributed by atoms with Crippen molar-refractivity contribution in [2.24, 2.45) is 0 Å². The van der Waals surface area contributed by atoms with Gasteiger partial charge in [0.15, 0.2) is 0 Å². The molecule has 0 saturated carbocycles. The summed E-state index contributed by atoms with van der Waals surface area (Å²) in [5.41, 5.74) is 6.58. The van der Waals surface area contributed by atoms with Crippen LogP contribution in [0.1, 0.15) is 16.7 Å². The van der Waals surface area contributed by atoms with Gasteiger partial charge in [0.1, 0.15) is 0 Å². The van der Waals surface area contributed by atoms with Crippen LogP contribution in [0.5, 0.6) is 0 Å². The molecule has 0 N–H and O–H groups in total. The van der Waals surface area contributed by atoms with E-state index in [2.05, 4.69) is 78.9 Å². The average molecular weight is 391 g/mol. The SMILES string of the molecule is [Cl-].[Cl-].[Ti+2].c1ccc([SiH2]C2c3ccccc3-c3ccccc32)cc1. The van der Waals surface area contributed by atoms with Gasteiger partial charge in [-0.05, 0) is 22.3 Å². The molecule has 0 aliphatic heterocycles. The molecule has 0 atom stereocenters. The summed E-state index contributed by atoms with van der Waals surface area (Å²) in [6, 6.07) is 28.8. The van der Waals surface area contributed by atoms with Crippen LogP contribution in [0, 0.1) is 0 Å². The Balaban J connectivity index is 0.000000882. The fourth-order valence-corrected chi connectivity index (χ4v) is 5.50. The van der Waals surface area contributed by atoms with Crippen molar-refractivity contribution in [1.29, 1.82) is 0 Å². The van der Waals surface area contributed by atoms with Gasteiger partial charge in [-0.25, -0.2) is 0 Å². The molecular weight excluding hydrogens is 375 g/mol. The van der Waals surface area contributed by atoms with Crippen LogP contribution < -0.4 is 30.0 Å². The molecule has 0 radical (unpaired) electrons. The normalized spacial score (nSPS) is 11.8. The first kappa shape index (κ1) is 20.2. The van der Waals surface area contributed by atoms with Crippen molar-refractivity contribution >= 4 is 14.7 Å². The van der Waals surface area contributed by atoms with Crippen LogP contribution in [0.4, 0.5) is 0 Å². The van der Waals surface area contributed by atoms with E-state index in [0.717, 1.165) is 0 Å². The first-order valence-corrected chi connectivity index (χ1v) is 8.68. The van der Waals surface area contributed by atoms with Gasteiger partial charge in [0, 0.05) is 5.54 Å². The maximum absolute atomic E-state index is 2.32. The molecule has 0 amide bonds. The molecule has 3 aromatic rings. The Hall–Kier alpha value is -0.829. The quantitative estimate of drug-likeness (QED) is 0.416. The third kappa shape index (κ3) is 3.81. The summed E-state index contributed by atoms with van der Waals surface area (Å²) >= 11 is 0. The number of benzene rings is 3. The van der Waals surface area contributed by atoms with Gasteiger partial charge >= 0.3 is 21.7 Å². The van der Waals surface area contributed by atoms with Crippen molar-refractivity contribution in [3.05, 3.63) is 90.0 Å². The van der Waals surface area contributed by atoms with Gasteiger partial charge in [-0.15, -0.1) is 0 Å². The summed E-state index contributed by atoms with van der Waals surface area (Å²) < 4.78 is 0. The van der Waals surface area contributed by atoms with E-state index in [4.69, 9.17) is 0 Å². The molecule has 1 aliphatic carbocycles. The van der Waals surface area contributed by atoms with Gasteiger partial charge in [0.2, 0.25) is 0 Å². The molecule has 114 valence electrons. The van der Waals surface area contributed by atoms with E-state index in [0.29, 0.717) is 5.54 Å². The fourth-order valence-electron chi connectivity index (χ4n) is 3.33. The number of hydrogen-bond donors (Lipinski definition) is 0. The third-order valence-corrected chi connectivity index (χ3v) is 6.48. The Morgan fingerprint density at radius 3 is 1.52 bits per heavy atom. The van der Waals surface area contributed by atoms with Gasteiger partial charge in [0.05, 0.1) is 9.52 Å². The Bertz CT molecular complexity index is 717. The molecule has 23 heavy (non-hydrogen) atoms.